The van der Waals surface area contributed by atoms with Gasteiger partial charge in [0.25, 0.3) is 0 Å². The first-order chi connectivity index (χ1) is 5.74. The number of rotatable bonds is 4. The molecule has 1 N–H and O–H groups in total. The molecule has 0 aliphatic heterocycles. The van der Waals surface area contributed by atoms with Crippen molar-refractivity contribution < 1.29 is 9.90 Å². The molecule has 1 aromatic heterocycles. The van der Waals surface area contributed by atoms with E-state index in [0.717, 1.165) is 12.4 Å². The van der Waals surface area contributed by atoms with Crippen molar-refractivity contribution in [2.45, 2.75) is 26.3 Å². The predicted octanol–water partition coefficient (Wildman–Crippen LogP) is 0.920. The predicted molar refractivity (Wildman–Crippen MR) is 43.9 cm³/mol. The van der Waals surface area contributed by atoms with Gasteiger partial charge in [0, 0.05) is 25.4 Å². The quantitative estimate of drug-likeness (QED) is 0.727. The Kier molecular flexibility index (Phi) is 2.85. The Bertz CT molecular complexity index is 268. The van der Waals surface area contributed by atoms with Gasteiger partial charge in [0.15, 0.2) is 0 Å². The smallest absolute Gasteiger partial charge is 0.303 e. The highest BCUT2D eigenvalue weighted by Crippen LogP contribution is 2.00. The van der Waals surface area contributed by atoms with Crippen LogP contribution in [0.15, 0.2) is 12.4 Å². The van der Waals surface area contributed by atoms with Crippen molar-refractivity contribution in [3.05, 3.63) is 18.2 Å². The molecule has 1 aromatic rings. The fourth-order valence-electron chi connectivity index (χ4n) is 1.07. The number of hydrogen-bond donors (Lipinski definition) is 1. The third kappa shape index (κ3) is 2.08. The molecule has 1 rings (SSSR count). The van der Waals surface area contributed by atoms with Crippen molar-refractivity contribution in [1.29, 1.82) is 0 Å². The van der Waals surface area contributed by atoms with Crippen LogP contribution in [0.5, 0.6) is 0 Å². The van der Waals surface area contributed by atoms with E-state index in [1.54, 1.807) is 6.20 Å². The molecule has 0 unspecified atom stereocenters. The number of imidazole rings is 1. The largest absolute Gasteiger partial charge is 0.481 e. The van der Waals surface area contributed by atoms with E-state index in [1.807, 2.05) is 17.7 Å². The summed E-state index contributed by atoms with van der Waals surface area (Å²) in [5, 5.41) is 8.44. The molecule has 0 bridgehead atoms. The second-order valence-corrected chi connectivity index (χ2v) is 2.52. The van der Waals surface area contributed by atoms with E-state index in [1.165, 1.54) is 0 Å². The summed E-state index contributed by atoms with van der Waals surface area (Å²) >= 11 is 0. The molecule has 0 aliphatic carbocycles. The zero-order valence-electron chi connectivity index (χ0n) is 7.03. The Morgan fingerprint density at radius 3 is 3.08 bits per heavy atom. The first kappa shape index (κ1) is 8.77. The van der Waals surface area contributed by atoms with Crippen molar-refractivity contribution >= 4 is 5.97 Å². The van der Waals surface area contributed by atoms with Gasteiger partial charge < -0.3 is 9.67 Å². The van der Waals surface area contributed by atoms with Gasteiger partial charge in [-0.15, -0.1) is 0 Å². The van der Waals surface area contributed by atoms with Gasteiger partial charge in [-0.25, -0.2) is 4.98 Å². The van der Waals surface area contributed by atoms with E-state index in [9.17, 15) is 4.79 Å². The Hall–Kier alpha value is -1.32. The van der Waals surface area contributed by atoms with Gasteiger partial charge in [-0.1, -0.05) is 0 Å². The van der Waals surface area contributed by atoms with Gasteiger partial charge in [0.1, 0.15) is 5.82 Å². The third-order valence-corrected chi connectivity index (χ3v) is 1.70. The number of nitrogens with zero attached hydrogens (tertiary/aromatic N) is 2. The van der Waals surface area contributed by atoms with Gasteiger partial charge in [0.05, 0.1) is 6.42 Å². The monoisotopic (exact) mass is 168 g/mol. The van der Waals surface area contributed by atoms with Crippen LogP contribution in [-0.2, 0) is 17.8 Å². The highest BCUT2D eigenvalue weighted by Gasteiger charge is 2.03. The first-order valence-electron chi connectivity index (χ1n) is 3.96. The van der Waals surface area contributed by atoms with Crippen LogP contribution in [-0.4, -0.2) is 20.6 Å². The lowest BCUT2D eigenvalue weighted by molar-refractivity contribution is -0.137. The van der Waals surface area contributed by atoms with E-state index >= 15 is 0 Å². The number of aryl methyl sites for hydroxylation is 2. The molecule has 0 spiro atoms. The maximum absolute atomic E-state index is 10.3. The molecule has 12 heavy (non-hydrogen) atoms. The molecule has 0 aliphatic rings. The minimum absolute atomic E-state index is 0.150. The van der Waals surface area contributed by atoms with Gasteiger partial charge in [-0.05, 0) is 6.92 Å². The normalized spacial score (nSPS) is 10.1. The van der Waals surface area contributed by atoms with Crippen LogP contribution < -0.4 is 0 Å². The number of carbonyl (C=O) groups is 1. The standard InChI is InChI=1S/C8H12N2O2/c1-2-10-6-5-9-7(10)3-4-8(11)12/h5-6H,2-4H2,1H3,(H,11,12). The van der Waals surface area contributed by atoms with Gasteiger partial charge in [0.2, 0.25) is 0 Å². The highest BCUT2D eigenvalue weighted by molar-refractivity contribution is 5.66. The molecule has 66 valence electrons. The lowest BCUT2D eigenvalue weighted by atomic mass is 10.3. The number of aromatic nitrogens is 2. The number of carboxylic acids is 1. The SMILES string of the molecule is CCn1ccnc1CCC(=O)O. The van der Waals surface area contributed by atoms with Crippen LogP contribution in [0, 0.1) is 0 Å². The molecule has 0 saturated carbocycles. The molecule has 0 aromatic carbocycles. The average Bonchev–Trinajstić information content (AvgIpc) is 2.47. The molecular formula is C8H12N2O2. The fraction of sp³-hybridized carbons (Fsp3) is 0.500. The first-order valence-corrected chi connectivity index (χ1v) is 3.96. The second kappa shape index (κ2) is 3.90. The van der Waals surface area contributed by atoms with Gasteiger partial charge in [-0.2, -0.15) is 0 Å². The fourth-order valence-corrected chi connectivity index (χ4v) is 1.07. The maximum atomic E-state index is 10.3. The van der Waals surface area contributed by atoms with Crippen molar-refractivity contribution in [3.8, 4) is 0 Å². The van der Waals surface area contributed by atoms with E-state index in [2.05, 4.69) is 4.98 Å². The van der Waals surface area contributed by atoms with Crippen LogP contribution in [0.1, 0.15) is 19.2 Å². The summed E-state index contributed by atoms with van der Waals surface area (Å²) in [5.74, 6) is 0.0700. The molecular weight excluding hydrogens is 156 g/mol. The van der Waals surface area contributed by atoms with Crippen molar-refractivity contribution in [2.75, 3.05) is 0 Å². The van der Waals surface area contributed by atoms with Crippen molar-refractivity contribution in [2.24, 2.45) is 0 Å². The number of hydrogen-bond acceptors (Lipinski definition) is 2. The topological polar surface area (TPSA) is 55.1 Å². The van der Waals surface area contributed by atoms with Crippen LogP contribution in [0.3, 0.4) is 0 Å². The molecule has 4 heteroatoms. The van der Waals surface area contributed by atoms with Crippen molar-refractivity contribution in [1.82, 2.24) is 9.55 Å². The lowest BCUT2D eigenvalue weighted by Gasteiger charge is -2.01. The summed E-state index contributed by atoms with van der Waals surface area (Å²) in [6.07, 6.45) is 4.21. The third-order valence-electron chi connectivity index (χ3n) is 1.70. The molecule has 0 saturated heterocycles. The van der Waals surface area contributed by atoms with E-state index in [-0.39, 0.29) is 6.42 Å². The van der Waals surface area contributed by atoms with Crippen LogP contribution >= 0.6 is 0 Å². The number of aliphatic carboxylic acids is 1. The number of carboxylic acid groups (broad SMARTS) is 1. The van der Waals surface area contributed by atoms with E-state index in [0.29, 0.717) is 6.42 Å². The van der Waals surface area contributed by atoms with E-state index in [4.69, 9.17) is 5.11 Å². The summed E-state index contributed by atoms with van der Waals surface area (Å²) in [4.78, 5) is 14.3. The molecule has 1 heterocycles. The van der Waals surface area contributed by atoms with Crippen LogP contribution in [0.4, 0.5) is 0 Å². The highest BCUT2D eigenvalue weighted by atomic mass is 16.4. The Morgan fingerprint density at radius 1 is 1.75 bits per heavy atom. The maximum Gasteiger partial charge on any atom is 0.303 e. The van der Waals surface area contributed by atoms with E-state index < -0.39 is 5.97 Å². The Balaban J connectivity index is 2.56. The molecule has 0 radical (unpaired) electrons. The Labute approximate surface area is 70.9 Å². The molecule has 0 atom stereocenters. The van der Waals surface area contributed by atoms with Crippen molar-refractivity contribution in [3.63, 3.8) is 0 Å². The zero-order valence-corrected chi connectivity index (χ0v) is 7.03. The average molecular weight is 168 g/mol. The zero-order chi connectivity index (χ0) is 8.97. The minimum atomic E-state index is -0.777. The lowest BCUT2D eigenvalue weighted by Crippen LogP contribution is -2.04. The Morgan fingerprint density at radius 2 is 2.50 bits per heavy atom. The van der Waals surface area contributed by atoms with Gasteiger partial charge >= 0.3 is 5.97 Å². The second-order valence-electron chi connectivity index (χ2n) is 2.52. The minimum Gasteiger partial charge on any atom is -0.481 e. The molecule has 0 amide bonds. The van der Waals surface area contributed by atoms with Crippen LogP contribution in [0.2, 0.25) is 0 Å². The summed E-state index contributed by atoms with van der Waals surface area (Å²) < 4.78 is 1.95. The summed E-state index contributed by atoms with van der Waals surface area (Å²) in [6.45, 7) is 2.85. The van der Waals surface area contributed by atoms with Crippen LogP contribution in [0.25, 0.3) is 0 Å². The van der Waals surface area contributed by atoms with Gasteiger partial charge in [-0.3, -0.25) is 4.79 Å². The summed E-state index contributed by atoms with van der Waals surface area (Å²) in [6, 6.07) is 0. The molecule has 4 nitrogen and oxygen atoms in total. The summed E-state index contributed by atoms with van der Waals surface area (Å²) in [5.41, 5.74) is 0. The summed E-state index contributed by atoms with van der Waals surface area (Å²) in [7, 11) is 0. The molecule has 0 fully saturated rings.